The van der Waals surface area contributed by atoms with E-state index in [4.69, 9.17) is 0 Å². The Balaban J connectivity index is 1.89. The Bertz CT molecular complexity index is 561. The number of piperidine rings is 1. The van der Waals surface area contributed by atoms with E-state index in [0.29, 0.717) is 13.1 Å². The van der Waals surface area contributed by atoms with Crippen LogP contribution in [0.15, 0.2) is 24.3 Å². The van der Waals surface area contributed by atoms with Crippen LogP contribution >= 0.6 is 0 Å². The largest absolute Gasteiger partial charge is 0.416 e. The average molecular weight is 344 g/mol. The maximum absolute atomic E-state index is 12.7. The van der Waals surface area contributed by atoms with Crippen LogP contribution in [0.1, 0.15) is 31.7 Å². The van der Waals surface area contributed by atoms with Gasteiger partial charge in [-0.25, -0.2) is 0 Å². The van der Waals surface area contributed by atoms with Gasteiger partial charge in [0, 0.05) is 12.3 Å². The van der Waals surface area contributed by atoms with Crippen molar-refractivity contribution in [3.63, 3.8) is 0 Å². The average Bonchev–Trinajstić information content (AvgIpc) is 2.55. The Morgan fingerprint density at radius 1 is 1.33 bits per heavy atom. The van der Waals surface area contributed by atoms with E-state index in [2.05, 4.69) is 5.32 Å². The maximum atomic E-state index is 12.7. The third kappa shape index (κ3) is 4.70. The van der Waals surface area contributed by atoms with Crippen LogP contribution in [0.2, 0.25) is 0 Å². The fourth-order valence-corrected chi connectivity index (χ4v) is 2.99. The molecule has 0 spiro atoms. The van der Waals surface area contributed by atoms with Crippen LogP contribution in [0.25, 0.3) is 0 Å². The molecule has 0 radical (unpaired) electrons. The Kier molecular flexibility index (Phi) is 5.87. The number of anilines is 1. The van der Waals surface area contributed by atoms with Gasteiger partial charge in [-0.05, 0) is 56.0 Å². The summed E-state index contributed by atoms with van der Waals surface area (Å²) in [5.41, 5.74) is -0.701. The Morgan fingerprint density at radius 3 is 2.54 bits per heavy atom. The second-order valence-corrected chi connectivity index (χ2v) is 6.41. The molecule has 134 valence electrons. The van der Waals surface area contributed by atoms with Gasteiger partial charge in [-0.1, -0.05) is 13.0 Å². The van der Waals surface area contributed by atoms with Crippen LogP contribution in [0.3, 0.4) is 0 Å². The van der Waals surface area contributed by atoms with Crippen LogP contribution in [-0.4, -0.2) is 42.2 Å². The summed E-state index contributed by atoms with van der Waals surface area (Å²) in [5, 5.41) is 12.0. The minimum absolute atomic E-state index is 0.0615. The van der Waals surface area contributed by atoms with E-state index in [1.54, 1.807) is 0 Å². The first-order valence-corrected chi connectivity index (χ1v) is 8.08. The highest BCUT2D eigenvalue weighted by Crippen LogP contribution is 2.34. The summed E-state index contributed by atoms with van der Waals surface area (Å²) in [6.07, 6.45) is -1.90. The third-order valence-corrected chi connectivity index (χ3v) is 4.84. The van der Waals surface area contributed by atoms with Gasteiger partial charge in [0.25, 0.3) is 0 Å². The molecule has 1 saturated heterocycles. The van der Waals surface area contributed by atoms with E-state index in [1.165, 1.54) is 12.1 Å². The molecule has 0 atom stereocenters. The van der Waals surface area contributed by atoms with Crippen LogP contribution in [0.5, 0.6) is 0 Å². The van der Waals surface area contributed by atoms with Crippen molar-refractivity contribution in [2.24, 2.45) is 5.41 Å². The van der Waals surface area contributed by atoms with Crippen LogP contribution in [-0.2, 0) is 11.0 Å². The number of benzene rings is 1. The second-order valence-electron chi connectivity index (χ2n) is 6.41. The predicted molar refractivity (Wildman–Crippen MR) is 85.6 cm³/mol. The van der Waals surface area contributed by atoms with Gasteiger partial charge in [0.15, 0.2) is 0 Å². The number of carbonyl (C=O) groups excluding carboxylic acids is 1. The maximum Gasteiger partial charge on any atom is 0.416 e. The summed E-state index contributed by atoms with van der Waals surface area (Å²) in [6.45, 7) is 3.73. The predicted octanol–water partition coefficient (Wildman–Crippen LogP) is 3.13. The van der Waals surface area contributed by atoms with E-state index in [9.17, 15) is 23.1 Å². The molecule has 0 aliphatic carbocycles. The number of nitrogens with zero attached hydrogens (tertiary/aromatic N) is 1. The molecule has 0 saturated carbocycles. The lowest BCUT2D eigenvalue weighted by Crippen LogP contribution is -2.44. The molecule has 0 bridgehead atoms. The zero-order chi connectivity index (χ0) is 17.8. The number of likely N-dealkylation sites (tertiary alicyclic amines) is 1. The van der Waals surface area contributed by atoms with E-state index < -0.39 is 11.7 Å². The molecule has 2 N–H and O–H groups in total. The fraction of sp³-hybridized carbons (Fsp3) is 0.588. The minimum Gasteiger partial charge on any atom is -0.396 e. The molecule has 1 fully saturated rings. The summed E-state index contributed by atoms with van der Waals surface area (Å²) in [5.74, 6) is -0.331. The van der Waals surface area contributed by atoms with E-state index in [0.717, 1.165) is 31.4 Å². The number of hydrogen-bond acceptors (Lipinski definition) is 3. The highest BCUT2D eigenvalue weighted by molar-refractivity contribution is 5.92. The fourth-order valence-electron chi connectivity index (χ4n) is 2.99. The number of nitrogens with one attached hydrogen (secondary N) is 1. The first-order chi connectivity index (χ1) is 11.3. The number of carbonyl (C=O) groups is 1. The van der Waals surface area contributed by atoms with Crippen molar-refractivity contribution in [1.29, 1.82) is 0 Å². The molecular formula is C17H23F3N2O2. The molecule has 2 rings (SSSR count). The van der Waals surface area contributed by atoms with E-state index in [1.807, 2.05) is 11.8 Å². The van der Waals surface area contributed by atoms with Crippen molar-refractivity contribution in [3.05, 3.63) is 29.8 Å². The smallest absolute Gasteiger partial charge is 0.396 e. The number of rotatable bonds is 5. The summed E-state index contributed by atoms with van der Waals surface area (Å²) < 4.78 is 38.0. The van der Waals surface area contributed by atoms with Crippen molar-refractivity contribution >= 4 is 11.6 Å². The Hall–Kier alpha value is -1.60. The van der Waals surface area contributed by atoms with Gasteiger partial charge in [0.1, 0.15) is 0 Å². The second kappa shape index (κ2) is 7.53. The molecule has 1 heterocycles. The minimum atomic E-state index is -4.43. The van der Waals surface area contributed by atoms with Crippen molar-refractivity contribution in [3.8, 4) is 0 Å². The molecule has 0 aromatic heterocycles. The van der Waals surface area contributed by atoms with E-state index in [-0.39, 0.29) is 30.2 Å². The molecule has 7 heteroatoms. The lowest BCUT2D eigenvalue weighted by molar-refractivity contribution is -0.137. The molecule has 1 aliphatic heterocycles. The SMILES string of the molecule is CCC1(CO)CCN(CC(=O)Nc2cccc(C(F)(F)F)c2)CC1. The number of aliphatic hydroxyl groups excluding tert-OH is 1. The lowest BCUT2D eigenvalue weighted by atomic mass is 9.77. The number of halogens is 3. The summed E-state index contributed by atoms with van der Waals surface area (Å²) >= 11 is 0. The molecular weight excluding hydrogens is 321 g/mol. The first kappa shape index (κ1) is 18.7. The highest BCUT2D eigenvalue weighted by atomic mass is 19.4. The monoisotopic (exact) mass is 344 g/mol. The summed E-state index contributed by atoms with van der Waals surface area (Å²) in [7, 11) is 0. The molecule has 1 aromatic rings. The zero-order valence-corrected chi connectivity index (χ0v) is 13.7. The molecule has 4 nitrogen and oxygen atoms in total. The third-order valence-electron chi connectivity index (χ3n) is 4.84. The Labute approximate surface area is 139 Å². The van der Waals surface area contributed by atoms with Gasteiger partial charge in [-0.2, -0.15) is 13.2 Å². The number of amides is 1. The van der Waals surface area contributed by atoms with Gasteiger partial charge >= 0.3 is 6.18 Å². The quantitative estimate of drug-likeness (QED) is 0.863. The lowest BCUT2D eigenvalue weighted by Gasteiger charge is -2.39. The van der Waals surface area contributed by atoms with Gasteiger partial charge < -0.3 is 10.4 Å². The molecule has 24 heavy (non-hydrogen) atoms. The zero-order valence-electron chi connectivity index (χ0n) is 13.7. The van der Waals surface area contributed by atoms with Gasteiger partial charge in [-0.3, -0.25) is 9.69 Å². The topological polar surface area (TPSA) is 52.6 Å². The molecule has 0 unspecified atom stereocenters. The van der Waals surface area contributed by atoms with Crippen LogP contribution < -0.4 is 5.32 Å². The van der Waals surface area contributed by atoms with Crippen LogP contribution in [0.4, 0.5) is 18.9 Å². The van der Waals surface area contributed by atoms with Crippen molar-refractivity contribution < 1.29 is 23.1 Å². The number of alkyl halides is 3. The Morgan fingerprint density at radius 2 is 2.00 bits per heavy atom. The normalized spacial score (nSPS) is 18.4. The number of aliphatic hydroxyl groups is 1. The van der Waals surface area contributed by atoms with Gasteiger partial charge in [0.2, 0.25) is 5.91 Å². The first-order valence-electron chi connectivity index (χ1n) is 8.08. The summed E-state index contributed by atoms with van der Waals surface area (Å²) in [4.78, 5) is 14.0. The number of hydrogen-bond donors (Lipinski definition) is 2. The van der Waals surface area contributed by atoms with Gasteiger partial charge in [-0.15, -0.1) is 0 Å². The van der Waals surface area contributed by atoms with Crippen molar-refractivity contribution in [1.82, 2.24) is 4.90 Å². The highest BCUT2D eigenvalue weighted by Gasteiger charge is 2.33. The van der Waals surface area contributed by atoms with Crippen molar-refractivity contribution in [2.75, 3.05) is 31.6 Å². The van der Waals surface area contributed by atoms with Crippen molar-refractivity contribution in [2.45, 2.75) is 32.4 Å². The van der Waals surface area contributed by atoms with Crippen LogP contribution in [0, 0.1) is 5.41 Å². The van der Waals surface area contributed by atoms with E-state index >= 15 is 0 Å². The van der Waals surface area contributed by atoms with Gasteiger partial charge in [0.05, 0.1) is 12.1 Å². The summed E-state index contributed by atoms with van der Waals surface area (Å²) in [6, 6.07) is 4.62. The molecule has 1 amide bonds. The molecule has 1 aromatic carbocycles. The molecule has 1 aliphatic rings. The standard InChI is InChI=1S/C17H23F3N2O2/c1-2-16(12-23)6-8-22(9-7-16)11-15(24)21-14-5-3-4-13(10-14)17(18,19)20/h3-5,10,23H,2,6-9,11-12H2,1H3,(H,21,24).